The quantitative estimate of drug-likeness (QED) is 0.141. The fourth-order valence-corrected chi connectivity index (χ4v) is 3.52. The molecule has 0 unspecified atom stereocenters. The monoisotopic (exact) mass is 378 g/mol. The minimum atomic E-state index is -0.0338. The Kier molecular flexibility index (Phi) is 13.2. The van der Waals surface area contributed by atoms with Crippen LogP contribution in [0.1, 0.15) is 83.5 Å². The summed E-state index contributed by atoms with van der Waals surface area (Å²) in [5, 5.41) is 0. The lowest BCUT2D eigenvalue weighted by atomic mass is 10.00. The van der Waals surface area contributed by atoms with Gasteiger partial charge in [-0.1, -0.05) is 43.6 Å². The van der Waals surface area contributed by atoms with Gasteiger partial charge in [-0.25, -0.2) is 0 Å². The number of hydrogen-bond acceptors (Lipinski definition) is 2. The molecule has 0 spiro atoms. The maximum atomic E-state index is 11.7. The van der Waals surface area contributed by atoms with Gasteiger partial charge in [-0.3, -0.25) is 4.79 Å². The van der Waals surface area contributed by atoms with Crippen molar-refractivity contribution in [3.63, 3.8) is 0 Å². The van der Waals surface area contributed by atoms with Crippen LogP contribution in [0.15, 0.2) is 24.3 Å². The van der Waals surface area contributed by atoms with Crippen LogP contribution < -0.4 is 0 Å². The molecule has 0 saturated heterocycles. The standard InChI is InChI=1S/C24H44NO2/c1-25(2,3)21-16-22-27-24(26)20-13-11-9-7-5-4-6-8-10-12-17-23-18-14-15-19-23/h5,7,14,18,23H,4,6,8-13,15-17,19-22H2,1-3H3/q+1/t23-/m0/s1. The molecule has 27 heavy (non-hydrogen) atoms. The van der Waals surface area contributed by atoms with Crippen molar-refractivity contribution in [1.29, 1.82) is 0 Å². The van der Waals surface area contributed by atoms with Gasteiger partial charge in [0.25, 0.3) is 0 Å². The molecule has 0 amide bonds. The zero-order valence-electron chi connectivity index (χ0n) is 18.3. The molecule has 156 valence electrons. The van der Waals surface area contributed by atoms with E-state index in [1.165, 1.54) is 51.4 Å². The molecule has 1 aliphatic rings. The van der Waals surface area contributed by atoms with Gasteiger partial charge in [-0.2, -0.15) is 0 Å². The molecule has 0 N–H and O–H groups in total. The number of quaternary nitrogens is 1. The number of unbranched alkanes of at least 4 members (excludes halogenated alkanes) is 6. The van der Waals surface area contributed by atoms with Gasteiger partial charge in [0.15, 0.2) is 0 Å². The average Bonchev–Trinajstić information content (AvgIpc) is 3.12. The summed E-state index contributed by atoms with van der Waals surface area (Å²) in [6, 6.07) is 0. The van der Waals surface area contributed by atoms with Gasteiger partial charge in [0, 0.05) is 12.8 Å². The normalized spacial score (nSPS) is 17.1. The van der Waals surface area contributed by atoms with E-state index in [4.69, 9.17) is 4.74 Å². The van der Waals surface area contributed by atoms with Gasteiger partial charge in [0.05, 0.1) is 34.3 Å². The summed E-state index contributed by atoms with van der Waals surface area (Å²) >= 11 is 0. The van der Waals surface area contributed by atoms with Crippen molar-refractivity contribution >= 4 is 5.97 Å². The average molecular weight is 379 g/mol. The number of rotatable bonds is 16. The lowest BCUT2D eigenvalue weighted by Crippen LogP contribution is -2.35. The van der Waals surface area contributed by atoms with E-state index in [1.807, 2.05) is 0 Å². The lowest BCUT2D eigenvalue weighted by molar-refractivity contribution is -0.870. The molecule has 0 heterocycles. The molecule has 3 nitrogen and oxygen atoms in total. The third-order valence-electron chi connectivity index (χ3n) is 5.21. The molecule has 0 bridgehead atoms. The Balaban J connectivity index is 1.80. The zero-order chi connectivity index (χ0) is 19.8. The van der Waals surface area contributed by atoms with Crippen molar-refractivity contribution in [2.75, 3.05) is 34.3 Å². The van der Waals surface area contributed by atoms with Crippen LogP contribution in [0.25, 0.3) is 0 Å². The summed E-state index contributed by atoms with van der Waals surface area (Å²) < 4.78 is 6.21. The van der Waals surface area contributed by atoms with E-state index in [0.717, 1.165) is 42.6 Å². The van der Waals surface area contributed by atoms with Crippen LogP contribution in [0.4, 0.5) is 0 Å². The SMILES string of the molecule is C[N+](C)(C)CCCOC(=O)CCCCC=CCCCCCC[C@H]1C=CCC1. The van der Waals surface area contributed by atoms with Crippen molar-refractivity contribution in [1.82, 2.24) is 0 Å². The summed E-state index contributed by atoms with van der Waals surface area (Å²) in [5.41, 5.74) is 0. The molecule has 0 aromatic carbocycles. The topological polar surface area (TPSA) is 26.3 Å². The highest BCUT2D eigenvalue weighted by atomic mass is 16.5. The van der Waals surface area contributed by atoms with Crippen molar-refractivity contribution < 1.29 is 14.0 Å². The van der Waals surface area contributed by atoms with E-state index < -0.39 is 0 Å². The second-order valence-electron chi connectivity index (χ2n) is 9.06. The molecule has 0 aromatic rings. The fraction of sp³-hybridized carbons (Fsp3) is 0.792. The van der Waals surface area contributed by atoms with Crippen molar-refractivity contribution in [2.45, 2.75) is 83.5 Å². The highest BCUT2D eigenvalue weighted by Crippen LogP contribution is 2.23. The van der Waals surface area contributed by atoms with E-state index in [1.54, 1.807) is 0 Å². The third kappa shape index (κ3) is 15.6. The summed E-state index contributed by atoms with van der Waals surface area (Å²) in [7, 11) is 6.47. The first-order valence-corrected chi connectivity index (χ1v) is 11.2. The second kappa shape index (κ2) is 14.9. The molecule has 0 radical (unpaired) electrons. The van der Waals surface area contributed by atoms with E-state index in [-0.39, 0.29) is 5.97 Å². The fourth-order valence-electron chi connectivity index (χ4n) is 3.52. The van der Waals surface area contributed by atoms with Crippen molar-refractivity contribution in [3.05, 3.63) is 24.3 Å². The number of ether oxygens (including phenoxy) is 1. The Morgan fingerprint density at radius 1 is 1.00 bits per heavy atom. The predicted molar refractivity (Wildman–Crippen MR) is 116 cm³/mol. The van der Waals surface area contributed by atoms with Gasteiger partial charge in [0.1, 0.15) is 0 Å². The molecule has 0 aliphatic heterocycles. The molecule has 1 atom stereocenters. The largest absolute Gasteiger partial charge is 0.465 e. The molecule has 3 heteroatoms. The molecule has 1 rings (SSSR count). The number of esters is 1. The first kappa shape index (κ1) is 23.9. The Labute approximate surface area is 168 Å². The van der Waals surface area contributed by atoms with Crippen LogP contribution in [0.2, 0.25) is 0 Å². The van der Waals surface area contributed by atoms with Gasteiger partial charge in [0.2, 0.25) is 0 Å². The molecule has 0 aromatic heterocycles. The zero-order valence-corrected chi connectivity index (χ0v) is 18.3. The van der Waals surface area contributed by atoms with Crippen molar-refractivity contribution in [3.8, 4) is 0 Å². The summed E-state index contributed by atoms with van der Waals surface area (Å²) in [6.07, 6.45) is 24.7. The number of hydrogen-bond donors (Lipinski definition) is 0. The third-order valence-corrected chi connectivity index (χ3v) is 5.21. The van der Waals surface area contributed by atoms with E-state index >= 15 is 0 Å². The Hall–Kier alpha value is -1.09. The number of carbonyl (C=O) groups excluding carboxylic acids is 1. The van der Waals surface area contributed by atoms with Crippen LogP contribution >= 0.6 is 0 Å². The van der Waals surface area contributed by atoms with E-state index in [0.29, 0.717) is 13.0 Å². The highest BCUT2D eigenvalue weighted by Gasteiger charge is 2.08. The maximum absolute atomic E-state index is 11.7. The van der Waals surface area contributed by atoms with Gasteiger partial charge in [-0.05, 0) is 57.3 Å². The summed E-state index contributed by atoms with van der Waals surface area (Å²) in [4.78, 5) is 11.7. The predicted octanol–water partition coefficient (Wildman–Crippen LogP) is 6.05. The molecular formula is C24H44NO2+. The Bertz CT molecular complexity index is 434. The number of allylic oxidation sites excluding steroid dienone is 4. The smallest absolute Gasteiger partial charge is 0.305 e. The highest BCUT2D eigenvalue weighted by molar-refractivity contribution is 5.69. The lowest BCUT2D eigenvalue weighted by Gasteiger charge is -2.23. The minimum Gasteiger partial charge on any atom is -0.465 e. The Morgan fingerprint density at radius 3 is 2.37 bits per heavy atom. The molecule has 0 saturated carbocycles. The van der Waals surface area contributed by atoms with Gasteiger partial charge >= 0.3 is 5.97 Å². The van der Waals surface area contributed by atoms with Crippen LogP contribution in [0.5, 0.6) is 0 Å². The Morgan fingerprint density at radius 2 is 1.70 bits per heavy atom. The van der Waals surface area contributed by atoms with E-state index in [2.05, 4.69) is 45.4 Å². The van der Waals surface area contributed by atoms with Crippen molar-refractivity contribution in [2.24, 2.45) is 5.92 Å². The van der Waals surface area contributed by atoms with Gasteiger partial charge < -0.3 is 9.22 Å². The number of nitrogens with zero attached hydrogens (tertiary/aromatic N) is 1. The van der Waals surface area contributed by atoms with E-state index in [9.17, 15) is 4.79 Å². The number of carbonyl (C=O) groups is 1. The van der Waals surface area contributed by atoms with Crippen LogP contribution in [0, 0.1) is 5.92 Å². The van der Waals surface area contributed by atoms with Crippen LogP contribution in [0.3, 0.4) is 0 Å². The van der Waals surface area contributed by atoms with Gasteiger partial charge in [-0.15, -0.1) is 0 Å². The molecular weight excluding hydrogens is 334 g/mol. The maximum Gasteiger partial charge on any atom is 0.305 e. The summed E-state index contributed by atoms with van der Waals surface area (Å²) in [6.45, 7) is 1.60. The summed E-state index contributed by atoms with van der Waals surface area (Å²) in [5.74, 6) is 0.846. The molecule has 0 fully saturated rings. The second-order valence-corrected chi connectivity index (χ2v) is 9.06. The minimum absolute atomic E-state index is 0.0338. The van der Waals surface area contributed by atoms with Crippen LogP contribution in [-0.4, -0.2) is 44.7 Å². The first-order chi connectivity index (χ1) is 13.0. The van der Waals surface area contributed by atoms with Crippen LogP contribution in [-0.2, 0) is 9.53 Å². The molecule has 1 aliphatic carbocycles. The first-order valence-electron chi connectivity index (χ1n) is 11.2.